The van der Waals surface area contributed by atoms with Crippen LogP contribution < -0.4 is 0 Å². The number of rotatable bonds is 6. The first-order valence-electron chi connectivity index (χ1n) is 7.57. The van der Waals surface area contributed by atoms with Gasteiger partial charge in [0.15, 0.2) is 0 Å². The number of hydrogen-bond acceptors (Lipinski definition) is 5. The van der Waals surface area contributed by atoms with Gasteiger partial charge in [-0.1, -0.05) is 0 Å². The molecule has 1 N–H and O–H groups in total. The van der Waals surface area contributed by atoms with Crippen molar-refractivity contribution in [3.8, 4) is 0 Å². The van der Waals surface area contributed by atoms with Crippen LogP contribution in [0.3, 0.4) is 0 Å². The summed E-state index contributed by atoms with van der Waals surface area (Å²) in [7, 11) is -3.28. The summed E-state index contributed by atoms with van der Waals surface area (Å²) in [6.07, 6.45) is 5.03. The quantitative estimate of drug-likeness (QED) is 0.794. The average molecular weight is 330 g/mol. The van der Waals surface area contributed by atoms with E-state index in [9.17, 15) is 13.5 Å². The molecule has 0 aliphatic carbocycles. The highest BCUT2D eigenvalue weighted by Gasteiger charge is 2.33. The number of imidazole rings is 1. The van der Waals surface area contributed by atoms with Gasteiger partial charge in [0.05, 0.1) is 17.7 Å². The average Bonchev–Trinajstić information content (AvgIpc) is 2.87. The Morgan fingerprint density at radius 1 is 1.36 bits per heavy atom. The van der Waals surface area contributed by atoms with Crippen LogP contribution >= 0.6 is 0 Å². The lowest BCUT2D eigenvalue weighted by Gasteiger charge is -2.40. The van der Waals surface area contributed by atoms with Gasteiger partial charge in [0, 0.05) is 51.2 Å². The van der Waals surface area contributed by atoms with Crippen LogP contribution in [-0.4, -0.2) is 75.9 Å². The van der Waals surface area contributed by atoms with Gasteiger partial charge in [-0.3, -0.25) is 4.90 Å². The highest BCUT2D eigenvalue weighted by atomic mass is 32.2. The third-order valence-electron chi connectivity index (χ3n) is 3.79. The summed E-state index contributed by atoms with van der Waals surface area (Å²) in [4.78, 5) is 6.04. The highest BCUT2D eigenvalue weighted by Crippen LogP contribution is 2.17. The second-order valence-corrected chi connectivity index (χ2v) is 8.66. The molecule has 126 valence electrons. The molecular formula is C14H26N4O3S. The van der Waals surface area contributed by atoms with E-state index in [1.54, 1.807) is 41.4 Å². The Hall–Kier alpha value is -0.960. The van der Waals surface area contributed by atoms with Crippen LogP contribution in [0.15, 0.2) is 18.7 Å². The molecule has 1 aliphatic heterocycles. The predicted molar refractivity (Wildman–Crippen MR) is 84.9 cm³/mol. The molecule has 0 amide bonds. The Labute approximate surface area is 132 Å². The lowest BCUT2D eigenvalue weighted by Crippen LogP contribution is -2.56. The number of aliphatic hydroxyl groups is 1. The molecule has 0 bridgehead atoms. The second-order valence-electron chi connectivity index (χ2n) is 6.62. The van der Waals surface area contributed by atoms with Gasteiger partial charge in [-0.25, -0.2) is 13.4 Å². The van der Waals surface area contributed by atoms with Gasteiger partial charge in [-0.15, -0.1) is 0 Å². The Morgan fingerprint density at radius 2 is 2.09 bits per heavy atom. The molecule has 1 atom stereocenters. The smallest absolute Gasteiger partial charge is 0.216 e. The highest BCUT2D eigenvalue weighted by molar-refractivity contribution is 7.89. The second kappa shape index (κ2) is 6.66. The molecular weight excluding hydrogens is 304 g/mol. The van der Waals surface area contributed by atoms with Crippen molar-refractivity contribution < 1.29 is 13.5 Å². The number of aromatic nitrogens is 2. The first-order chi connectivity index (χ1) is 10.2. The summed E-state index contributed by atoms with van der Waals surface area (Å²) < 4.78 is 28.4. The van der Waals surface area contributed by atoms with Crippen LogP contribution in [-0.2, 0) is 16.6 Å². The van der Waals surface area contributed by atoms with E-state index in [0.29, 0.717) is 32.7 Å². The summed E-state index contributed by atoms with van der Waals surface area (Å²) in [5.74, 6) is 0.0825. The van der Waals surface area contributed by atoms with E-state index in [1.165, 1.54) is 0 Å². The van der Waals surface area contributed by atoms with Gasteiger partial charge in [0.1, 0.15) is 0 Å². The molecule has 0 radical (unpaired) electrons. The van der Waals surface area contributed by atoms with Gasteiger partial charge in [0.25, 0.3) is 0 Å². The summed E-state index contributed by atoms with van der Waals surface area (Å²) in [5, 5.41) is 9.89. The number of sulfonamides is 1. The normalized spacial score (nSPS) is 22.1. The van der Waals surface area contributed by atoms with E-state index >= 15 is 0 Å². The molecule has 2 heterocycles. The molecule has 1 unspecified atom stereocenters. The van der Waals surface area contributed by atoms with Crippen molar-refractivity contribution in [2.24, 2.45) is 0 Å². The van der Waals surface area contributed by atoms with Gasteiger partial charge in [-0.2, -0.15) is 4.31 Å². The number of piperazine rings is 1. The number of nitrogens with zero attached hydrogens (tertiary/aromatic N) is 4. The molecule has 8 heteroatoms. The topological polar surface area (TPSA) is 78.7 Å². The fraction of sp³-hybridized carbons (Fsp3) is 0.786. The Morgan fingerprint density at radius 3 is 2.64 bits per heavy atom. The standard InChI is InChI=1S/C14H26N4O3S/c1-13-10-17(11-14(2,3)19)6-7-18(13)22(20,21)9-8-16-5-4-15-12-16/h4-5,12-13,19H,6-11H2,1-3H3. The molecule has 1 aromatic rings. The molecule has 1 aliphatic rings. The van der Waals surface area contributed by atoms with Crippen molar-refractivity contribution in [2.45, 2.75) is 39.0 Å². The van der Waals surface area contributed by atoms with E-state index in [2.05, 4.69) is 9.88 Å². The summed E-state index contributed by atoms with van der Waals surface area (Å²) in [6.45, 7) is 8.21. The lowest BCUT2D eigenvalue weighted by atomic mass is 10.1. The Bertz CT molecular complexity index is 565. The van der Waals surface area contributed by atoms with E-state index in [-0.39, 0.29) is 11.8 Å². The van der Waals surface area contributed by atoms with E-state index < -0.39 is 15.6 Å². The largest absolute Gasteiger partial charge is 0.389 e. The van der Waals surface area contributed by atoms with Crippen LogP contribution in [0, 0.1) is 0 Å². The van der Waals surface area contributed by atoms with Crippen LogP contribution in [0.4, 0.5) is 0 Å². The minimum absolute atomic E-state index is 0.0797. The van der Waals surface area contributed by atoms with Crippen molar-refractivity contribution in [3.63, 3.8) is 0 Å². The van der Waals surface area contributed by atoms with Crippen LogP contribution in [0.5, 0.6) is 0 Å². The van der Waals surface area contributed by atoms with Gasteiger partial charge in [-0.05, 0) is 20.8 Å². The zero-order chi connectivity index (χ0) is 16.4. The predicted octanol–water partition coefficient (Wildman–Crippen LogP) is -0.0101. The number of β-amino-alcohol motifs (C(OH)–C–C–N with tert-alkyl or cyclic N) is 1. The minimum Gasteiger partial charge on any atom is -0.389 e. The molecule has 2 rings (SSSR count). The number of aryl methyl sites for hydroxylation is 1. The lowest BCUT2D eigenvalue weighted by molar-refractivity contribution is 0.0180. The molecule has 1 fully saturated rings. The fourth-order valence-electron chi connectivity index (χ4n) is 2.88. The first kappa shape index (κ1) is 17.4. The van der Waals surface area contributed by atoms with Crippen molar-refractivity contribution in [1.82, 2.24) is 18.8 Å². The maximum atomic E-state index is 12.5. The third kappa shape index (κ3) is 4.77. The minimum atomic E-state index is -3.28. The number of hydrogen-bond donors (Lipinski definition) is 1. The fourth-order valence-corrected chi connectivity index (χ4v) is 4.53. The van der Waals surface area contributed by atoms with Crippen LogP contribution in [0.1, 0.15) is 20.8 Å². The van der Waals surface area contributed by atoms with Gasteiger partial charge < -0.3 is 9.67 Å². The molecule has 0 spiro atoms. The van der Waals surface area contributed by atoms with Crippen LogP contribution in [0.25, 0.3) is 0 Å². The summed E-state index contributed by atoms with van der Waals surface area (Å²) in [5.41, 5.74) is -0.762. The third-order valence-corrected chi connectivity index (χ3v) is 5.74. The molecule has 7 nitrogen and oxygen atoms in total. The molecule has 1 saturated heterocycles. The monoisotopic (exact) mass is 330 g/mol. The molecule has 0 saturated carbocycles. The molecule has 1 aromatic heterocycles. The maximum Gasteiger partial charge on any atom is 0.216 e. The Kier molecular flexibility index (Phi) is 5.26. The van der Waals surface area contributed by atoms with Crippen molar-refractivity contribution in [3.05, 3.63) is 18.7 Å². The van der Waals surface area contributed by atoms with Crippen molar-refractivity contribution in [1.29, 1.82) is 0 Å². The zero-order valence-electron chi connectivity index (χ0n) is 13.5. The first-order valence-corrected chi connectivity index (χ1v) is 9.18. The summed E-state index contributed by atoms with van der Waals surface area (Å²) in [6, 6.07) is -0.0797. The van der Waals surface area contributed by atoms with Gasteiger partial charge in [0.2, 0.25) is 10.0 Å². The van der Waals surface area contributed by atoms with E-state index in [1.807, 2.05) is 6.92 Å². The Balaban J connectivity index is 1.92. The zero-order valence-corrected chi connectivity index (χ0v) is 14.3. The van der Waals surface area contributed by atoms with Crippen LogP contribution in [0.2, 0.25) is 0 Å². The van der Waals surface area contributed by atoms with Gasteiger partial charge >= 0.3 is 0 Å². The molecule has 0 aromatic carbocycles. The SMILES string of the molecule is CC1CN(CC(C)(C)O)CCN1S(=O)(=O)CCn1ccnc1. The van der Waals surface area contributed by atoms with Crippen molar-refractivity contribution in [2.75, 3.05) is 31.9 Å². The van der Waals surface area contributed by atoms with Crippen molar-refractivity contribution >= 4 is 10.0 Å². The maximum absolute atomic E-state index is 12.5. The summed E-state index contributed by atoms with van der Waals surface area (Å²) >= 11 is 0. The van der Waals surface area contributed by atoms with E-state index in [4.69, 9.17) is 0 Å². The molecule has 22 heavy (non-hydrogen) atoms. The van der Waals surface area contributed by atoms with E-state index in [0.717, 1.165) is 0 Å².